The molecule has 3 saturated carbocycles. The Bertz CT molecular complexity index is 1010. The van der Waals surface area contributed by atoms with E-state index in [0.717, 1.165) is 44.6 Å². The average molecular weight is 610 g/mol. The fourth-order valence-electron chi connectivity index (χ4n) is 7.73. The van der Waals surface area contributed by atoms with Crippen LogP contribution >= 0.6 is 11.8 Å². The molecule has 0 aromatic carbocycles. The number of rotatable bonds is 11. The van der Waals surface area contributed by atoms with Crippen LogP contribution in [0.5, 0.6) is 0 Å². The first kappa shape index (κ1) is 36.0. The molecule has 3 N–H and O–H groups in total. The third kappa shape index (κ3) is 7.66. The summed E-state index contributed by atoms with van der Waals surface area (Å²) < 4.78 is 6.30. The number of hydrogen-bond donors (Lipinski definition) is 3. The number of esters is 1. The van der Waals surface area contributed by atoms with Gasteiger partial charge in [-0.3, -0.25) is 9.59 Å². The smallest absolute Gasteiger partial charge is 0.328 e. The Balaban J connectivity index is 0.000000675. The summed E-state index contributed by atoms with van der Waals surface area (Å²) in [6, 6.07) is 0. The van der Waals surface area contributed by atoms with E-state index in [1.165, 1.54) is 0 Å². The molecule has 3 aliphatic carbocycles. The zero-order valence-corrected chi connectivity index (χ0v) is 27.0. The fraction of sp³-hybridized carbons (Fsp3) is 0.750. The van der Waals surface area contributed by atoms with Crippen LogP contribution in [0, 0.1) is 34.0 Å². The first-order chi connectivity index (χ1) is 19.6. The van der Waals surface area contributed by atoms with Gasteiger partial charge in [-0.15, -0.1) is 18.3 Å². The number of thioether (sulfide) groups is 1. The predicted octanol–water partition coefficient (Wildman–Crippen LogP) is 4.68. The van der Waals surface area contributed by atoms with Crippen molar-refractivity contribution >= 4 is 35.5 Å². The van der Waals surface area contributed by atoms with Crippen LogP contribution in [0.3, 0.4) is 0 Å². The van der Waals surface area contributed by atoms with E-state index in [1.807, 2.05) is 13.0 Å². The molecule has 9 nitrogen and oxygen atoms in total. The summed E-state index contributed by atoms with van der Waals surface area (Å²) in [6.07, 6.45) is 5.76. The number of nitrogens with zero attached hydrogens (tertiary/aromatic N) is 1. The highest BCUT2D eigenvalue weighted by molar-refractivity contribution is 7.99. The zero-order chi connectivity index (χ0) is 31.9. The molecule has 0 aliphatic heterocycles. The second-order valence-corrected chi connectivity index (χ2v) is 13.8. The Morgan fingerprint density at radius 1 is 1.10 bits per heavy atom. The number of aliphatic hydroxyl groups is 1. The first-order valence-corrected chi connectivity index (χ1v) is 16.3. The highest BCUT2D eigenvalue weighted by Gasteiger charge is 2.68. The molecule has 0 aromatic heterocycles. The molecule has 0 amide bonds. The van der Waals surface area contributed by atoms with Gasteiger partial charge in [-0.1, -0.05) is 47.6 Å². The summed E-state index contributed by atoms with van der Waals surface area (Å²) in [5.74, 6) is -1.14. The van der Waals surface area contributed by atoms with Gasteiger partial charge in [0.25, 0.3) is 0 Å². The van der Waals surface area contributed by atoms with Crippen LogP contribution in [0.1, 0.15) is 73.6 Å². The first-order valence-electron chi connectivity index (χ1n) is 15.1. The standard InChI is InChI=1S/C28H47NO4S.C4H4O4/c1-8-26(6)17-22(33-23(31)18-34-16-15-29(9-2)10-3)27(7)19(4)11-13-28(20(5)25(26)32)14-12-21(30)24(27)28;5-3(6)1-2-4(7)8/h8,19-20,22,24-25,32H,1,9-18H2,2-7H3;1-2H,(H,5,6)(H,7,8)/t19?,20?,22?,24?,25?,26-,27+,28+;/m1./s1. The van der Waals surface area contributed by atoms with Crippen molar-refractivity contribution in [1.29, 1.82) is 0 Å². The molecule has 10 heteroatoms. The number of carbonyl (C=O) groups is 4. The van der Waals surface area contributed by atoms with Gasteiger partial charge in [0.05, 0.1) is 11.9 Å². The van der Waals surface area contributed by atoms with E-state index in [-0.39, 0.29) is 29.1 Å². The topological polar surface area (TPSA) is 141 Å². The summed E-state index contributed by atoms with van der Waals surface area (Å²) in [5, 5.41) is 27.2. The lowest BCUT2D eigenvalue weighted by molar-refractivity contribution is -0.205. The van der Waals surface area contributed by atoms with Crippen LogP contribution in [0.4, 0.5) is 0 Å². The molecule has 3 fully saturated rings. The minimum atomic E-state index is -1.26. The molecule has 0 spiro atoms. The molecular formula is C32H51NO8S. The molecule has 3 rings (SSSR count). The van der Waals surface area contributed by atoms with Gasteiger partial charge in [0.2, 0.25) is 0 Å². The SMILES string of the molecule is C=C[C@]1(C)CC(OC(=O)CSCCN(CC)CC)[C@]2(C)C(C)CC[C@]3(CCC(=O)C32)C(C)C1O.O=C(O)C=CC(=O)O. The molecule has 3 aliphatic rings. The number of ether oxygens (including phenoxy) is 1. The summed E-state index contributed by atoms with van der Waals surface area (Å²) in [7, 11) is 0. The number of carboxylic acids is 2. The maximum absolute atomic E-state index is 13.4. The number of carbonyl (C=O) groups excluding carboxylic acids is 2. The van der Waals surface area contributed by atoms with Crippen molar-refractivity contribution < 1.29 is 39.2 Å². The maximum atomic E-state index is 13.4. The molecule has 238 valence electrons. The second-order valence-electron chi connectivity index (χ2n) is 12.7. The number of aliphatic carboxylic acids is 2. The number of aliphatic hydroxyl groups excluding tert-OH is 1. The molecule has 0 radical (unpaired) electrons. The van der Waals surface area contributed by atoms with Gasteiger partial charge >= 0.3 is 17.9 Å². The van der Waals surface area contributed by atoms with Gasteiger partial charge < -0.3 is 25.0 Å². The quantitative estimate of drug-likeness (QED) is 0.131. The minimum absolute atomic E-state index is 0.00828. The lowest BCUT2D eigenvalue weighted by Crippen LogP contribution is -2.63. The summed E-state index contributed by atoms with van der Waals surface area (Å²) in [5.41, 5.74) is -1.25. The van der Waals surface area contributed by atoms with Crippen molar-refractivity contribution in [3.8, 4) is 0 Å². The summed E-state index contributed by atoms with van der Waals surface area (Å²) in [4.78, 5) is 48.0. The Kier molecular flexibility index (Phi) is 12.9. The second kappa shape index (κ2) is 15.0. The Morgan fingerprint density at radius 2 is 1.69 bits per heavy atom. The van der Waals surface area contributed by atoms with Crippen molar-refractivity contribution in [1.82, 2.24) is 4.90 Å². The number of carboxylic acid groups (broad SMARTS) is 2. The molecule has 5 unspecified atom stereocenters. The zero-order valence-electron chi connectivity index (χ0n) is 26.1. The molecule has 8 atom stereocenters. The van der Waals surface area contributed by atoms with Crippen LogP contribution < -0.4 is 0 Å². The van der Waals surface area contributed by atoms with Crippen molar-refractivity contribution in [2.24, 2.45) is 34.0 Å². The van der Waals surface area contributed by atoms with Gasteiger partial charge in [-0.2, -0.15) is 0 Å². The highest BCUT2D eigenvalue weighted by atomic mass is 32.2. The van der Waals surface area contributed by atoms with Crippen LogP contribution in [0.25, 0.3) is 0 Å². The normalized spacial score (nSPS) is 35.9. The molecular weight excluding hydrogens is 558 g/mol. The van der Waals surface area contributed by atoms with E-state index >= 15 is 0 Å². The highest BCUT2D eigenvalue weighted by Crippen LogP contribution is 2.68. The minimum Gasteiger partial charge on any atom is -0.478 e. The molecule has 2 bridgehead atoms. The Morgan fingerprint density at radius 3 is 2.21 bits per heavy atom. The van der Waals surface area contributed by atoms with E-state index in [0.29, 0.717) is 36.5 Å². The van der Waals surface area contributed by atoms with Gasteiger partial charge in [0.15, 0.2) is 0 Å². The van der Waals surface area contributed by atoms with E-state index < -0.39 is 35.0 Å². The van der Waals surface area contributed by atoms with Crippen molar-refractivity contribution in [2.45, 2.75) is 85.9 Å². The number of ketones is 1. The average Bonchev–Trinajstić information content (AvgIpc) is 3.30. The van der Waals surface area contributed by atoms with Crippen LogP contribution in [0.15, 0.2) is 24.8 Å². The number of hydrogen-bond acceptors (Lipinski definition) is 8. The van der Waals surface area contributed by atoms with E-state index in [2.05, 4.69) is 46.1 Å². The molecule has 0 aromatic rings. The van der Waals surface area contributed by atoms with Crippen molar-refractivity contribution in [3.63, 3.8) is 0 Å². The largest absolute Gasteiger partial charge is 0.478 e. The monoisotopic (exact) mass is 609 g/mol. The van der Waals surface area contributed by atoms with E-state index in [4.69, 9.17) is 14.9 Å². The number of Topliss-reactive ketones (excluding diaryl/α,β-unsaturated/α-hetero) is 1. The van der Waals surface area contributed by atoms with Gasteiger partial charge in [0, 0.05) is 47.6 Å². The summed E-state index contributed by atoms with van der Waals surface area (Å²) in [6.45, 7) is 20.0. The van der Waals surface area contributed by atoms with Gasteiger partial charge in [-0.05, 0) is 56.0 Å². The van der Waals surface area contributed by atoms with E-state index in [1.54, 1.807) is 11.8 Å². The van der Waals surface area contributed by atoms with Gasteiger partial charge in [0.1, 0.15) is 11.9 Å². The summed E-state index contributed by atoms with van der Waals surface area (Å²) >= 11 is 1.61. The fourth-order valence-corrected chi connectivity index (χ4v) is 8.49. The predicted molar refractivity (Wildman–Crippen MR) is 164 cm³/mol. The molecule has 0 saturated heterocycles. The van der Waals surface area contributed by atoms with Crippen LogP contribution in [-0.2, 0) is 23.9 Å². The third-order valence-corrected chi connectivity index (χ3v) is 11.5. The lowest BCUT2D eigenvalue weighted by atomic mass is 9.44. The third-order valence-electron chi connectivity index (χ3n) is 10.6. The van der Waals surface area contributed by atoms with E-state index in [9.17, 15) is 24.3 Å². The lowest BCUT2D eigenvalue weighted by Gasteiger charge is -2.61. The van der Waals surface area contributed by atoms with Crippen molar-refractivity contribution in [3.05, 3.63) is 24.8 Å². The Hall–Kier alpha value is -2.17. The maximum Gasteiger partial charge on any atom is 0.328 e. The van der Waals surface area contributed by atoms with Crippen LogP contribution in [0.2, 0.25) is 0 Å². The molecule has 0 heterocycles. The van der Waals surface area contributed by atoms with Gasteiger partial charge in [-0.25, -0.2) is 9.59 Å². The Labute approximate surface area is 255 Å². The molecule has 42 heavy (non-hydrogen) atoms. The van der Waals surface area contributed by atoms with Crippen LogP contribution in [-0.4, -0.2) is 87.3 Å². The van der Waals surface area contributed by atoms with Crippen molar-refractivity contribution in [2.75, 3.05) is 31.1 Å².